The third-order valence-electron chi connectivity index (χ3n) is 9.66. The Kier molecular flexibility index (Phi) is 5.54. The minimum atomic E-state index is -4.87. The quantitative estimate of drug-likeness (QED) is 0.268. The Morgan fingerprint density at radius 2 is 1.95 bits per heavy atom. The number of primary amides is 1. The van der Waals surface area contributed by atoms with Gasteiger partial charge in [-0.3, -0.25) is 24.1 Å². The molecular weight excluding hydrogens is 533 g/mol. The molecule has 10 nitrogen and oxygen atoms in total. The number of nitrogens with one attached hydrogen (secondary N) is 2. The lowest BCUT2D eigenvalue weighted by atomic mass is 9.52. The Labute approximate surface area is 226 Å². The van der Waals surface area contributed by atoms with E-state index in [-0.39, 0.29) is 12.0 Å². The molecule has 214 valence electrons. The maximum atomic E-state index is 14.6. The fraction of sp³-hybridized carbons (Fsp3) is 0.593. The van der Waals surface area contributed by atoms with Crippen molar-refractivity contribution in [3.63, 3.8) is 0 Å². The van der Waals surface area contributed by atoms with Gasteiger partial charge in [-0.25, -0.2) is 0 Å². The van der Waals surface area contributed by atoms with E-state index in [2.05, 4.69) is 5.32 Å². The van der Waals surface area contributed by atoms with Crippen LogP contribution < -0.4 is 11.1 Å². The number of aliphatic hydroxyl groups is 1. The molecule has 8 atom stereocenters. The van der Waals surface area contributed by atoms with Gasteiger partial charge in [0.1, 0.15) is 11.7 Å². The number of nitrogens with zero attached hydrogens (tertiary/aromatic N) is 1. The number of phenols is 1. The first-order valence-corrected chi connectivity index (χ1v) is 13.3. The van der Waals surface area contributed by atoms with Crippen molar-refractivity contribution < 1.29 is 42.6 Å². The van der Waals surface area contributed by atoms with Crippen LogP contribution in [-0.4, -0.2) is 73.8 Å². The van der Waals surface area contributed by atoms with E-state index in [4.69, 9.17) is 11.1 Å². The molecule has 13 heteroatoms. The fourth-order valence-corrected chi connectivity index (χ4v) is 8.29. The number of fused-ring (bicyclic) bond motifs is 2. The van der Waals surface area contributed by atoms with Crippen LogP contribution in [0.25, 0.3) is 0 Å². The Morgan fingerprint density at radius 3 is 2.50 bits per heavy atom. The van der Waals surface area contributed by atoms with Gasteiger partial charge in [-0.2, -0.15) is 13.2 Å². The summed E-state index contributed by atoms with van der Waals surface area (Å²) in [4.78, 5) is 54.9. The highest BCUT2D eigenvalue weighted by molar-refractivity contribution is 6.35. The van der Waals surface area contributed by atoms with Crippen molar-refractivity contribution in [2.24, 2.45) is 23.5 Å². The molecule has 2 aliphatic heterocycles. The third-order valence-corrected chi connectivity index (χ3v) is 9.66. The topological polar surface area (TPSA) is 174 Å². The summed E-state index contributed by atoms with van der Waals surface area (Å²) in [5, 5.41) is 34.4. The molecule has 2 heterocycles. The number of carbonyl (C=O) groups excluding carboxylic acids is 4. The van der Waals surface area contributed by atoms with Crippen molar-refractivity contribution in [3.05, 3.63) is 28.3 Å². The van der Waals surface area contributed by atoms with Crippen molar-refractivity contribution in [2.45, 2.75) is 75.0 Å². The normalized spacial score (nSPS) is 38.6. The lowest BCUT2D eigenvalue weighted by molar-refractivity contribution is -0.148. The van der Waals surface area contributed by atoms with Crippen LogP contribution in [0, 0.1) is 23.2 Å². The first-order chi connectivity index (χ1) is 18.6. The summed E-state index contributed by atoms with van der Waals surface area (Å²) in [6, 6.07) is -1.38. The van der Waals surface area contributed by atoms with Crippen LogP contribution >= 0.6 is 0 Å². The molecule has 6 rings (SSSR count). The van der Waals surface area contributed by atoms with Gasteiger partial charge in [-0.1, -0.05) is 0 Å². The van der Waals surface area contributed by atoms with E-state index in [1.165, 1.54) is 4.90 Å². The lowest BCUT2D eigenvalue weighted by Gasteiger charge is -2.50. The molecule has 1 aromatic rings. The second-order valence-corrected chi connectivity index (χ2v) is 11.9. The van der Waals surface area contributed by atoms with E-state index in [9.17, 15) is 42.6 Å². The Hall–Kier alpha value is -3.16. The summed E-state index contributed by atoms with van der Waals surface area (Å²) in [5.41, 5.74) is -2.18. The van der Waals surface area contributed by atoms with Gasteiger partial charge in [0.15, 0.2) is 23.0 Å². The monoisotopic (exact) mass is 562 g/mol. The van der Waals surface area contributed by atoms with E-state index in [1.54, 1.807) is 13.8 Å². The van der Waals surface area contributed by atoms with E-state index in [0.29, 0.717) is 19.4 Å². The van der Waals surface area contributed by atoms with Crippen LogP contribution in [0.1, 0.15) is 66.2 Å². The standard InChI is InChI=1S/C27H29F3N4O6/c1-9(2)34-22-20(37)17(24(32)39)21(31)26(40)23(38)15-10(8-25(22,26)34)6-12-16(19(15)36)14(35)7-11(13-4-3-5-33-13)18(12)27(28,29)30/h7,9-10,13,15,17,22,31,33,35,40H,3-6,8H2,1-2H3,(H2,32,39). The van der Waals surface area contributed by atoms with E-state index in [0.717, 1.165) is 6.07 Å². The fourth-order valence-electron chi connectivity index (χ4n) is 8.29. The first kappa shape index (κ1) is 27.0. The van der Waals surface area contributed by atoms with Gasteiger partial charge in [0.05, 0.1) is 34.3 Å². The lowest BCUT2D eigenvalue weighted by Crippen LogP contribution is -2.73. The molecule has 2 saturated carbocycles. The highest BCUT2D eigenvalue weighted by Gasteiger charge is 2.86. The van der Waals surface area contributed by atoms with Crippen molar-refractivity contribution in [1.29, 1.82) is 5.41 Å². The first-order valence-electron chi connectivity index (χ1n) is 13.3. The number of alkyl halides is 3. The number of halogens is 3. The summed E-state index contributed by atoms with van der Waals surface area (Å²) in [7, 11) is 0. The van der Waals surface area contributed by atoms with Crippen molar-refractivity contribution in [2.75, 3.05) is 6.54 Å². The smallest absolute Gasteiger partial charge is 0.417 e. The SMILES string of the molecule is CC(C)N1C2C(=O)C(C(N)=O)C(=N)C3(O)C(=O)C4C(=O)c5c(O)cc(C6CCCN6)c(C(F)(F)F)c5CC4CC213. The van der Waals surface area contributed by atoms with Crippen molar-refractivity contribution in [1.82, 2.24) is 10.2 Å². The predicted molar refractivity (Wildman–Crippen MR) is 132 cm³/mol. The molecule has 1 aromatic carbocycles. The molecule has 8 unspecified atom stereocenters. The molecule has 4 fully saturated rings. The molecule has 2 saturated heterocycles. The average molecular weight is 563 g/mol. The van der Waals surface area contributed by atoms with E-state index < -0.39 is 111 Å². The minimum Gasteiger partial charge on any atom is -0.507 e. The van der Waals surface area contributed by atoms with Crippen molar-refractivity contribution in [3.8, 4) is 5.75 Å². The van der Waals surface area contributed by atoms with Gasteiger partial charge in [-0.15, -0.1) is 0 Å². The molecule has 0 aromatic heterocycles. The summed E-state index contributed by atoms with van der Waals surface area (Å²) < 4.78 is 43.8. The average Bonchev–Trinajstić information content (AvgIpc) is 3.22. The van der Waals surface area contributed by atoms with Crippen molar-refractivity contribution >= 4 is 29.0 Å². The molecule has 40 heavy (non-hydrogen) atoms. The number of likely N-dealkylation sites (tertiary alicyclic amines) is 1. The third kappa shape index (κ3) is 3.08. The minimum absolute atomic E-state index is 0.170. The molecular formula is C27H29F3N4O6. The largest absolute Gasteiger partial charge is 0.507 e. The predicted octanol–water partition coefficient (Wildman–Crippen LogP) is 1.05. The molecule has 5 aliphatic rings. The van der Waals surface area contributed by atoms with Gasteiger partial charge in [0.2, 0.25) is 5.91 Å². The van der Waals surface area contributed by atoms with Crippen LogP contribution in [0.3, 0.4) is 0 Å². The number of hydrogen-bond acceptors (Lipinski definition) is 9. The number of benzene rings is 1. The highest BCUT2D eigenvalue weighted by Crippen LogP contribution is 2.64. The number of phenolic OH excluding ortho intramolecular Hbond substituents is 1. The van der Waals surface area contributed by atoms with Crippen LogP contribution in [0.4, 0.5) is 13.2 Å². The van der Waals surface area contributed by atoms with Gasteiger partial charge in [0.25, 0.3) is 0 Å². The van der Waals surface area contributed by atoms with Crippen LogP contribution in [-0.2, 0) is 27.0 Å². The number of amides is 1. The summed E-state index contributed by atoms with van der Waals surface area (Å²) in [6.45, 7) is 3.86. The number of hydrogen-bond donors (Lipinski definition) is 5. The molecule has 6 N–H and O–H groups in total. The van der Waals surface area contributed by atoms with Gasteiger partial charge in [-0.05, 0) is 69.2 Å². The highest BCUT2D eigenvalue weighted by atomic mass is 19.4. The van der Waals surface area contributed by atoms with Crippen LogP contribution in [0.15, 0.2) is 6.07 Å². The molecule has 0 radical (unpaired) electrons. The summed E-state index contributed by atoms with van der Waals surface area (Å²) in [5.74, 6) is -9.51. The van der Waals surface area contributed by atoms with Crippen LogP contribution in [0.2, 0.25) is 0 Å². The number of ketones is 3. The van der Waals surface area contributed by atoms with Gasteiger partial charge >= 0.3 is 6.18 Å². The van der Waals surface area contributed by atoms with Crippen LogP contribution in [0.5, 0.6) is 5.75 Å². The summed E-state index contributed by atoms with van der Waals surface area (Å²) >= 11 is 0. The number of Topliss-reactive ketones (excluding diaryl/α,β-unsaturated/α-hetero) is 3. The Morgan fingerprint density at radius 1 is 1.27 bits per heavy atom. The van der Waals surface area contributed by atoms with E-state index in [1.807, 2.05) is 0 Å². The number of aromatic hydroxyl groups is 1. The number of nitrogens with two attached hydrogens (primary N) is 1. The zero-order valence-corrected chi connectivity index (χ0v) is 21.8. The maximum absolute atomic E-state index is 14.6. The number of rotatable bonds is 3. The Bertz CT molecular complexity index is 1420. The zero-order chi connectivity index (χ0) is 29.3. The molecule has 1 amide bonds. The second-order valence-electron chi connectivity index (χ2n) is 11.9. The second kappa shape index (κ2) is 8.20. The Balaban J connectivity index is 1.54. The molecule has 3 aliphatic carbocycles. The molecule has 1 spiro atoms. The molecule has 0 bridgehead atoms. The zero-order valence-electron chi connectivity index (χ0n) is 21.8. The van der Waals surface area contributed by atoms with Gasteiger partial charge < -0.3 is 26.7 Å². The van der Waals surface area contributed by atoms with E-state index >= 15 is 0 Å². The maximum Gasteiger partial charge on any atom is 0.417 e. The van der Waals surface area contributed by atoms with Gasteiger partial charge in [0, 0.05) is 12.1 Å². The number of carbonyl (C=O) groups is 4. The summed E-state index contributed by atoms with van der Waals surface area (Å²) in [6.07, 6.45) is -4.47.